The number of pyridine rings is 2. The number of hydrogen-bond acceptors (Lipinski definition) is 6. The van der Waals surface area contributed by atoms with E-state index in [4.69, 9.17) is 9.79 Å². The number of nitrogens with one attached hydrogen (secondary N) is 1. The zero-order chi connectivity index (χ0) is 40.8. The van der Waals surface area contributed by atoms with Crippen LogP contribution in [0.2, 0.25) is 0 Å². The quantitative estimate of drug-likeness (QED) is 0.0375. The topological polar surface area (TPSA) is 127 Å². The van der Waals surface area contributed by atoms with E-state index in [1.54, 1.807) is 23.0 Å². The maximum absolute atomic E-state index is 13.2. The van der Waals surface area contributed by atoms with Crippen LogP contribution in [0.1, 0.15) is 53.0 Å². The number of anilines is 2. The third-order valence-electron chi connectivity index (χ3n) is 11.3. The van der Waals surface area contributed by atoms with Gasteiger partial charge in [0.25, 0.3) is 5.91 Å². The van der Waals surface area contributed by atoms with Gasteiger partial charge in [0.1, 0.15) is 11.6 Å². The van der Waals surface area contributed by atoms with Crippen LogP contribution in [0.5, 0.6) is 0 Å². The first-order valence-corrected chi connectivity index (χ1v) is 21.8. The Bertz CT molecular complexity index is 2470. The van der Waals surface area contributed by atoms with Gasteiger partial charge >= 0.3 is 0 Å². The minimum atomic E-state index is -4.05. The van der Waals surface area contributed by atoms with Crippen LogP contribution >= 0.6 is 7.94 Å². The first-order valence-electron chi connectivity index (χ1n) is 20.0. The van der Waals surface area contributed by atoms with Crippen LogP contribution in [-0.4, -0.2) is 34.4 Å². The van der Waals surface area contributed by atoms with Crippen LogP contribution in [0.3, 0.4) is 0 Å². The van der Waals surface area contributed by atoms with E-state index in [2.05, 4.69) is 107 Å². The van der Waals surface area contributed by atoms with Gasteiger partial charge in [-0.15, -0.1) is 0 Å². The van der Waals surface area contributed by atoms with Crippen LogP contribution in [0.4, 0.5) is 11.4 Å². The number of carbonyl (C=O) groups excluding carboxylic acids is 1. The van der Waals surface area contributed by atoms with E-state index in [0.717, 1.165) is 47.2 Å². The molecule has 1 amide bonds. The third kappa shape index (κ3) is 9.39. The van der Waals surface area contributed by atoms with Gasteiger partial charge in [0.15, 0.2) is 44.0 Å². The number of aryl methyl sites for hydroxylation is 1. The number of rotatable bonds is 13. The normalized spacial score (nSPS) is 15.9. The largest absolute Gasteiger partial charge is 0.632 e. The highest BCUT2D eigenvalue weighted by Crippen LogP contribution is 2.52. The first-order chi connectivity index (χ1) is 28.7. The number of benzene rings is 4. The summed E-state index contributed by atoms with van der Waals surface area (Å²) in [6.45, 7) is 1.12. The minimum absolute atomic E-state index is 0.0688. The predicted molar refractivity (Wildman–Crippen MR) is 230 cm³/mol. The molecule has 1 fully saturated rings. The molecule has 0 radical (unpaired) electrons. The van der Waals surface area contributed by atoms with E-state index >= 15 is 0 Å². The molecule has 3 N–H and O–H groups in total. The Morgan fingerprint density at radius 3 is 1.97 bits per heavy atom. The number of nitriles is 1. The van der Waals surface area contributed by atoms with Crippen molar-refractivity contribution in [2.45, 2.75) is 44.3 Å². The molecule has 3 heterocycles. The average Bonchev–Trinajstić information content (AvgIpc) is 3.86. The average molecular weight is 800 g/mol. The van der Waals surface area contributed by atoms with Crippen molar-refractivity contribution in [2.75, 3.05) is 17.6 Å². The van der Waals surface area contributed by atoms with Gasteiger partial charge in [-0.3, -0.25) is 4.79 Å². The van der Waals surface area contributed by atoms with Gasteiger partial charge in [-0.05, 0) is 93.8 Å². The van der Waals surface area contributed by atoms with Gasteiger partial charge in [0, 0.05) is 47.6 Å². The van der Waals surface area contributed by atoms with E-state index in [-0.39, 0.29) is 18.3 Å². The molecule has 2 unspecified atom stereocenters. The van der Waals surface area contributed by atoms with Crippen LogP contribution in [-0.2, 0) is 17.9 Å². The van der Waals surface area contributed by atoms with Crippen molar-refractivity contribution >= 4 is 43.0 Å². The molecule has 1 aliphatic heterocycles. The predicted octanol–water partition coefficient (Wildman–Crippen LogP) is 7.14. The van der Waals surface area contributed by atoms with Gasteiger partial charge in [-0.2, -0.15) is 5.26 Å². The smallest absolute Gasteiger partial charge is 0.262 e. The van der Waals surface area contributed by atoms with Gasteiger partial charge in [0.2, 0.25) is 7.94 Å². The first kappa shape index (κ1) is 39.6. The lowest BCUT2D eigenvalue weighted by Gasteiger charge is -2.27. The molecule has 10 heteroatoms. The zero-order valence-electron chi connectivity index (χ0n) is 32.6. The van der Waals surface area contributed by atoms with Crippen LogP contribution in [0.15, 0.2) is 158 Å². The van der Waals surface area contributed by atoms with Crippen molar-refractivity contribution in [3.63, 3.8) is 0 Å². The minimum Gasteiger partial charge on any atom is -0.632 e. The summed E-state index contributed by atoms with van der Waals surface area (Å²) < 4.78 is 3.71. The molecule has 294 valence electrons. The van der Waals surface area contributed by atoms with Crippen molar-refractivity contribution in [1.82, 2.24) is 5.32 Å². The molecular weight excluding hydrogens is 754 g/mol. The van der Waals surface area contributed by atoms with Crippen molar-refractivity contribution in [3.05, 3.63) is 186 Å². The lowest BCUT2D eigenvalue weighted by molar-refractivity contribution is -0.694. The number of amides is 1. The number of nitrogens with zero attached hydrogens (tertiary/aromatic N) is 4. The summed E-state index contributed by atoms with van der Waals surface area (Å²) in [6, 6.07) is 46.4. The molecule has 1 aliphatic carbocycles. The van der Waals surface area contributed by atoms with E-state index in [9.17, 15) is 14.9 Å². The monoisotopic (exact) mass is 799 g/mol. The maximum atomic E-state index is 13.2. The van der Waals surface area contributed by atoms with Crippen molar-refractivity contribution in [1.29, 1.82) is 5.26 Å². The second kappa shape index (κ2) is 17.7. The summed E-state index contributed by atoms with van der Waals surface area (Å²) in [5, 5.41) is 12.9. The summed E-state index contributed by atoms with van der Waals surface area (Å²) >= 11 is 0. The molecule has 9 nitrogen and oxygen atoms in total. The lowest BCUT2D eigenvalue weighted by atomic mass is 9.95. The molecule has 2 aliphatic rings. The molecule has 0 bridgehead atoms. The Balaban J connectivity index is 0.920. The van der Waals surface area contributed by atoms with E-state index in [1.165, 1.54) is 28.0 Å². The molecule has 1 saturated carbocycles. The Morgan fingerprint density at radius 1 is 0.780 bits per heavy atom. The lowest BCUT2D eigenvalue weighted by Crippen LogP contribution is -2.40. The fourth-order valence-corrected chi connectivity index (χ4v) is 8.81. The summed E-state index contributed by atoms with van der Waals surface area (Å²) in [5.41, 5.74) is 11.2. The Morgan fingerprint density at radius 2 is 1.37 bits per heavy atom. The van der Waals surface area contributed by atoms with Crippen molar-refractivity contribution in [2.24, 2.45) is 0 Å². The molecule has 8 rings (SSSR count). The Kier molecular flexibility index (Phi) is 11.9. The van der Waals surface area contributed by atoms with E-state index < -0.39 is 13.9 Å². The number of carbonyl (C=O) groups is 1. The molecular formula is C49H46N5O4P+2. The molecule has 2 aromatic heterocycles. The van der Waals surface area contributed by atoms with Crippen LogP contribution in [0, 0.1) is 11.3 Å². The maximum Gasteiger partial charge on any atom is 0.262 e. The second-order valence-corrected chi connectivity index (χ2v) is 16.9. The SMILES string of the molecule is N#C/C(=C\c1ccc2c(c1)C1CCCC1N2c1ccc(C=C(c2ccccc2)c2ccccc2)cc1)C(=O)NCC[n+]1ccc(-c2cc[n+](CC[P+]([O-])(O)O)cc2)cc1. The summed E-state index contributed by atoms with van der Waals surface area (Å²) in [4.78, 5) is 45.1. The zero-order valence-corrected chi connectivity index (χ0v) is 33.5. The number of aromatic nitrogens is 2. The highest BCUT2D eigenvalue weighted by molar-refractivity contribution is 7.57. The molecule has 59 heavy (non-hydrogen) atoms. The highest BCUT2D eigenvalue weighted by atomic mass is 31.2. The van der Waals surface area contributed by atoms with Gasteiger partial charge in [-0.1, -0.05) is 85.3 Å². The fraction of sp³-hybridized carbons (Fsp3) is 0.184. The van der Waals surface area contributed by atoms with Crippen molar-refractivity contribution < 1.29 is 28.6 Å². The Hall–Kier alpha value is -6.27. The van der Waals surface area contributed by atoms with E-state index in [0.29, 0.717) is 25.0 Å². The van der Waals surface area contributed by atoms with Gasteiger partial charge < -0.3 is 15.1 Å². The van der Waals surface area contributed by atoms with Crippen LogP contribution in [0.25, 0.3) is 28.9 Å². The van der Waals surface area contributed by atoms with Gasteiger partial charge in [-0.25, -0.2) is 18.9 Å². The highest BCUT2D eigenvalue weighted by Gasteiger charge is 2.42. The molecule has 2 atom stereocenters. The summed E-state index contributed by atoms with van der Waals surface area (Å²) in [5.74, 6) is -0.0130. The Labute approximate surface area is 345 Å². The fourth-order valence-electron chi connectivity index (χ4n) is 8.32. The molecule has 6 aromatic rings. The number of hydrogen-bond donors (Lipinski definition) is 3. The summed E-state index contributed by atoms with van der Waals surface area (Å²) in [7, 11) is -4.05. The van der Waals surface area contributed by atoms with Crippen molar-refractivity contribution in [3.8, 4) is 17.2 Å². The third-order valence-corrected chi connectivity index (χ3v) is 12.1. The van der Waals surface area contributed by atoms with E-state index in [1.807, 2.05) is 59.4 Å². The molecule has 0 spiro atoms. The second-order valence-electron chi connectivity index (χ2n) is 15.1. The van der Waals surface area contributed by atoms with Gasteiger partial charge in [0.05, 0.1) is 6.54 Å². The summed E-state index contributed by atoms with van der Waals surface area (Å²) in [6.07, 6.45) is 14.6. The molecule has 0 saturated heterocycles. The number of fused-ring (bicyclic) bond motifs is 3. The molecule has 4 aromatic carbocycles. The van der Waals surface area contributed by atoms with Crippen LogP contribution < -0.4 is 24.2 Å². The standard InChI is InChI=1S/C49H44N5O4P/c50-35-42(49(55)51-24-29-52-25-20-38(21-26-52)39-22-27-53(28-23-39)30-31-59(56,57)58)32-37-16-19-48-46(34-37)44-12-7-13-47(44)54(48)43-17-14-36(15-18-43)33-45(40-8-3-1-4-9-40)41-10-5-2-6-11-41/h1-6,8-11,14-23,25-28,32-34,44,47H,7,12-13,24,29-31H2,(H-2,51,55,56,57,58)/p+2/b42-32+.